The Morgan fingerprint density at radius 1 is 1.12 bits per heavy atom. The first-order chi connectivity index (χ1) is 18.9. The number of piperidine rings is 1. The normalized spacial score (nSPS) is 22.5. The summed E-state index contributed by atoms with van der Waals surface area (Å²) in [6.45, 7) is 8.17. The number of dihydropyridines is 1. The minimum absolute atomic E-state index is 0.0699. The van der Waals surface area contributed by atoms with Crippen LogP contribution in [0.2, 0.25) is 0 Å². The highest BCUT2D eigenvalue weighted by molar-refractivity contribution is 7.89. The molecule has 3 aliphatic rings. The Morgan fingerprint density at radius 2 is 1.88 bits per heavy atom. The Bertz CT molecular complexity index is 1660. The van der Waals surface area contributed by atoms with Gasteiger partial charge >= 0.3 is 16.2 Å². The molecule has 0 spiro atoms. The Balaban J connectivity index is 1.30. The van der Waals surface area contributed by atoms with Gasteiger partial charge in [0.05, 0.1) is 35.9 Å². The van der Waals surface area contributed by atoms with Gasteiger partial charge in [0.1, 0.15) is 11.2 Å². The van der Waals surface area contributed by atoms with Crippen molar-refractivity contribution < 1.29 is 21.6 Å². The number of rotatable bonds is 5. The Morgan fingerprint density at radius 3 is 2.58 bits per heavy atom. The summed E-state index contributed by atoms with van der Waals surface area (Å²) in [6, 6.07) is 2.78. The van der Waals surface area contributed by atoms with Gasteiger partial charge in [-0.25, -0.2) is 4.98 Å². The van der Waals surface area contributed by atoms with Crippen molar-refractivity contribution in [2.45, 2.75) is 62.4 Å². The number of sulfonamides is 1. The van der Waals surface area contributed by atoms with Gasteiger partial charge < -0.3 is 10.2 Å². The second-order valence-corrected chi connectivity index (χ2v) is 12.5. The summed E-state index contributed by atoms with van der Waals surface area (Å²) in [7, 11) is -4.42. The maximum absolute atomic E-state index is 13.8. The van der Waals surface area contributed by atoms with E-state index < -0.39 is 32.3 Å². The molecule has 1 fully saturated rings. The van der Waals surface area contributed by atoms with Crippen molar-refractivity contribution in [3.8, 4) is 0 Å². The number of hydrogen-bond donors (Lipinski definition) is 1. The number of nitrogens with one attached hydrogen (secondary N) is 1. The average molecular weight is 575 g/mol. The Kier molecular flexibility index (Phi) is 6.11. The highest BCUT2D eigenvalue weighted by Gasteiger charge is 2.44. The smallest absolute Gasteiger partial charge is 0.375 e. The molecule has 3 aromatic heterocycles. The first kappa shape index (κ1) is 26.6. The van der Waals surface area contributed by atoms with Gasteiger partial charge in [-0.3, -0.25) is 9.08 Å². The van der Waals surface area contributed by atoms with E-state index in [2.05, 4.69) is 39.2 Å². The first-order valence-electron chi connectivity index (χ1n) is 13.0. The van der Waals surface area contributed by atoms with Gasteiger partial charge in [0.2, 0.25) is 0 Å². The number of hydrazone groups is 1. The molecular weight excluding hydrogens is 545 g/mol. The van der Waals surface area contributed by atoms with Crippen LogP contribution in [0.3, 0.4) is 0 Å². The lowest BCUT2D eigenvalue weighted by Gasteiger charge is -2.34. The van der Waals surface area contributed by atoms with Crippen molar-refractivity contribution in [2.75, 3.05) is 13.1 Å². The van der Waals surface area contributed by atoms with Crippen LogP contribution in [0.5, 0.6) is 0 Å². The van der Waals surface area contributed by atoms with Gasteiger partial charge in [-0.15, -0.1) is 0 Å². The SMILES string of the molecule is CC(C)N1CCC(n2cc(C3=CNC4(C)C=NN(S(=O)(=O)c5cnc6ccc(C(F)(F)F)cn56)C4=C3)cn2)CC1. The molecule has 14 heteroatoms. The molecule has 3 aromatic rings. The summed E-state index contributed by atoms with van der Waals surface area (Å²) in [4.78, 5) is 6.45. The highest BCUT2D eigenvalue weighted by atomic mass is 32.2. The van der Waals surface area contributed by atoms with E-state index in [-0.39, 0.29) is 11.7 Å². The zero-order valence-corrected chi connectivity index (χ0v) is 23.0. The van der Waals surface area contributed by atoms with E-state index in [1.54, 1.807) is 25.4 Å². The maximum atomic E-state index is 13.8. The average Bonchev–Trinajstić information content (AvgIpc) is 3.64. The summed E-state index contributed by atoms with van der Waals surface area (Å²) in [5, 5.41) is 11.5. The quantitative estimate of drug-likeness (QED) is 0.497. The molecule has 0 saturated carbocycles. The van der Waals surface area contributed by atoms with Crippen LogP contribution in [-0.4, -0.2) is 67.8 Å². The van der Waals surface area contributed by atoms with Crippen LogP contribution in [0.1, 0.15) is 50.8 Å². The molecule has 0 amide bonds. The van der Waals surface area contributed by atoms with E-state index in [0.29, 0.717) is 17.3 Å². The minimum Gasteiger partial charge on any atom is -0.375 e. The van der Waals surface area contributed by atoms with E-state index in [4.69, 9.17) is 0 Å². The number of pyridine rings is 1. The number of fused-ring (bicyclic) bond motifs is 2. The van der Waals surface area contributed by atoms with Crippen molar-refractivity contribution in [3.05, 3.63) is 66.0 Å². The predicted octanol–water partition coefficient (Wildman–Crippen LogP) is 3.87. The predicted molar refractivity (Wildman–Crippen MR) is 143 cm³/mol. The molecule has 6 rings (SSSR count). The molecule has 1 N–H and O–H groups in total. The molecule has 212 valence electrons. The van der Waals surface area contributed by atoms with Gasteiger partial charge in [-0.2, -0.15) is 36.2 Å². The van der Waals surface area contributed by atoms with E-state index in [9.17, 15) is 21.6 Å². The third-order valence-electron chi connectivity index (χ3n) is 7.81. The largest absolute Gasteiger partial charge is 0.417 e. The first-order valence-corrected chi connectivity index (χ1v) is 14.4. The van der Waals surface area contributed by atoms with Crippen molar-refractivity contribution in [1.29, 1.82) is 0 Å². The highest BCUT2D eigenvalue weighted by Crippen LogP contribution is 2.37. The van der Waals surface area contributed by atoms with Gasteiger partial charge in [0.25, 0.3) is 0 Å². The van der Waals surface area contributed by atoms with Crippen LogP contribution in [0.4, 0.5) is 13.2 Å². The Labute approximate surface area is 229 Å². The molecule has 6 heterocycles. The van der Waals surface area contributed by atoms with Gasteiger partial charge in [0, 0.05) is 48.9 Å². The number of likely N-dealkylation sites (tertiary alicyclic amines) is 1. The molecular formula is C26H29F3N8O2S. The van der Waals surface area contributed by atoms with Crippen LogP contribution >= 0.6 is 0 Å². The fourth-order valence-corrected chi connectivity index (χ4v) is 6.78. The van der Waals surface area contributed by atoms with Gasteiger partial charge in [-0.05, 0) is 51.8 Å². The van der Waals surface area contributed by atoms with E-state index in [0.717, 1.165) is 64.8 Å². The molecule has 0 aliphatic carbocycles. The van der Waals surface area contributed by atoms with Crippen LogP contribution in [0, 0.1) is 0 Å². The third-order valence-corrected chi connectivity index (χ3v) is 9.39. The van der Waals surface area contributed by atoms with Crippen molar-refractivity contribution in [2.24, 2.45) is 5.10 Å². The number of aromatic nitrogens is 4. The molecule has 0 radical (unpaired) electrons. The maximum Gasteiger partial charge on any atom is 0.417 e. The minimum atomic E-state index is -4.64. The lowest BCUT2D eigenvalue weighted by molar-refractivity contribution is -0.137. The molecule has 10 nitrogen and oxygen atoms in total. The van der Waals surface area contributed by atoms with Gasteiger partial charge in [0.15, 0.2) is 5.03 Å². The van der Waals surface area contributed by atoms with Crippen LogP contribution < -0.4 is 5.32 Å². The van der Waals surface area contributed by atoms with Crippen molar-refractivity contribution >= 4 is 27.5 Å². The van der Waals surface area contributed by atoms with Crippen LogP contribution in [0.15, 0.2) is 65.0 Å². The summed E-state index contributed by atoms with van der Waals surface area (Å²) in [6.07, 6.45) is 7.78. The standard InChI is InChI=1S/C26H29F3N8O2S/c1-17(2)34-8-6-21(7-9-34)36-14-19(12-32-36)18-10-22-25(3,31-11-18)16-33-37(22)40(38,39)24-13-30-23-5-4-20(15-35(23)24)26(27,28)29/h4-5,10-17,21,31H,6-9H2,1-3H3. The van der Waals surface area contributed by atoms with E-state index >= 15 is 0 Å². The second-order valence-electron chi connectivity index (χ2n) is 10.8. The van der Waals surface area contributed by atoms with E-state index in [1.807, 2.05) is 10.9 Å². The number of hydrogen-bond acceptors (Lipinski definition) is 7. The number of allylic oxidation sites excluding steroid dienone is 2. The van der Waals surface area contributed by atoms with Crippen molar-refractivity contribution in [1.82, 2.24) is 33.8 Å². The van der Waals surface area contributed by atoms with Crippen LogP contribution in [0.25, 0.3) is 11.2 Å². The number of alkyl halides is 3. The fourth-order valence-electron chi connectivity index (χ4n) is 5.35. The summed E-state index contributed by atoms with van der Waals surface area (Å²) < 4.78 is 71.3. The van der Waals surface area contributed by atoms with Gasteiger partial charge in [-0.1, -0.05) is 0 Å². The summed E-state index contributed by atoms with van der Waals surface area (Å²) in [5.74, 6) is 0. The zero-order chi connectivity index (χ0) is 28.4. The lowest BCUT2D eigenvalue weighted by atomic mass is 9.94. The molecule has 1 unspecified atom stereocenters. The molecule has 0 bridgehead atoms. The molecule has 1 saturated heterocycles. The monoisotopic (exact) mass is 574 g/mol. The topological polar surface area (TPSA) is 100 Å². The number of halogens is 3. The molecule has 1 atom stereocenters. The number of nitrogens with zero attached hydrogens (tertiary/aromatic N) is 7. The van der Waals surface area contributed by atoms with Crippen molar-refractivity contribution in [3.63, 3.8) is 0 Å². The fraction of sp³-hybridized carbons (Fsp3) is 0.423. The molecule has 0 aromatic carbocycles. The second kappa shape index (κ2) is 9.20. The molecule has 3 aliphatic heterocycles. The summed E-state index contributed by atoms with van der Waals surface area (Å²) >= 11 is 0. The number of imidazole rings is 1. The Hall–Kier alpha value is -3.65. The summed E-state index contributed by atoms with van der Waals surface area (Å²) in [5.41, 5.74) is -0.0255. The van der Waals surface area contributed by atoms with Crippen LogP contribution in [-0.2, 0) is 16.2 Å². The molecule has 40 heavy (non-hydrogen) atoms. The lowest BCUT2D eigenvalue weighted by Crippen LogP contribution is -2.45. The third kappa shape index (κ3) is 4.38. The zero-order valence-electron chi connectivity index (χ0n) is 22.2. The van der Waals surface area contributed by atoms with E-state index in [1.165, 1.54) is 6.21 Å².